The first-order valence-electron chi connectivity index (χ1n) is 10.2. The van der Waals surface area contributed by atoms with Crippen LogP contribution in [0.2, 0.25) is 5.02 Å². The minimum Gasteiger partial charge on any atom is -0.496 e. The topological polar surface area (TPSA) is 37.7 Å². The van der Waals surface area contributed by atoms with E-state index in [1.54, 1.807) is 7.11 Å². The molecular formula is C24H26ClN3O2. The lowest BCUT2D eigenvalue weighted by Crippen LogP contribution is -2.48. The third kappa shape index (κ3) is 4.69. The standard InChI is InChI=1S/C24H26ClN3O2/c1-30-23-10-9-21(25)16-20(23)18-26-12-14-27(15-13-26)24(29)22-8-5-11-28(22)17-19-6-3-2-4-7-19/h2-11,16H,12-15,17-18H2,1H3. The molecule has 0 radical (unpaired) electrons. The number of carbonyl (C=O) groups is 1. The van der Waals surface area contributed by atoms with Crippen LogP contribution in [0.15, 0.2) is 66.9 Å². The van der Waals surface area contributed by atoms with E-state index < -0.39 is 0 Å². The molecule has 0 unspecified atom stereocenters. The second-order valence-corrected chi connectivity index (χ2v) is 7.97. The Bertz CT molecular complexity index is 995. The van der Waals surface area contributed by atoms with Crippen LogP contribution in [0.5, 0.6) is 5.75 Å². The molecule has 1 fully saturated rings. The van der Waals surface area contributed by atoms with Gasteiger partial charge in [0.2, 0.25) is 0 Å². The Kier molecular flexibility index (Phi) is 6.41. The van der Waals surface area contributed by atoms with Crippen molar-refractivity contribution in [2.45, 2.75) is 13.1 Å². The fourth-order valence-corrected chi connectivity index (χ4v) is 4.10. The maximum absolute atomic E-state index is 13.1. The van der Waals surface area contributed by atoms with E-state index in [-0.39, 0.29) is 5.91 Å². The van der Waals surface area contributed by atoms with E-state index in [9.17, 15) is 4.79 Å². The Morgan fingerprint density at radius 3 is 2.47 bits per heavy atom. The zero-order chi connectivity index (χ0) is 20.9. The van der Waals surface area contributed by atoms with E-state index in [2.05, 4.69) is 17.0 Å². The maximum Gasteiger partial charge on any atom is 0.270 e. The molecule has 156 valence electrons. The van der Waals surface area contributed by atoms with Gasteiger partial charge in [-0.15, -0.1) is 0 Å². The molecule has 0 aliphatic carbocycles. The van der Waals surface area contributed by atoms with Crippen molar-refractivity contribution in [3.8, 4) is 5.75 Å². The molecular weight excluding hydrogens is 398 g/mol. The molecule has 0 atom stereocenters. The highest BCUT2D eigenvalue weighted by atomic mass is 35.5. The van der Waals surface area contributed by atoms with Gasteiger partial charge < -0.3 is 14.2 Å². The summed E-state index contributed by atoms with van der Waals surface area (Å²) in [5, 5.41) is 0.707. The van der Waals surface area contributed by atoms with E-state index in [0.717, 1.165) is 36.6 Å². The zero-order valence-corrected chi connectivity index (χ0v) is 17.9. The first-order chi connectivity index (χ1) is 14.6. The van der Waals surface area contributed by atoms with Crippen LogP contribution >= 0.6 is 11.6 Å². The van der Waals surface area contributed by atoms with Crippen molar-refractivity contribution in [1.29, 1.82) is 0 Å². The van der Waals surface area contributed by atoms with E-state index in [0.29, 0.717) is 24.7 Å². The predicted molar refractivity (Wildman–Crippen MR) is 119 cm³/mol. The second-order valence-electron chi connectivity index (χ2n) is 7.53. The van der Waals surface area contributed by atoms with Gasteiger partial charge in [0.25, 0.3) is 5.91 Å². The number of rotatable bonds is 6. The summed E-state index contributed by atoms with van der Waals surface area (Å²) in [4.78, 5) is 17.4. The average Bonchev–Trinajstić information content (AvgIpc) is 3.23. The maximum atomic E-state index is 13.1. The zero-order valence-electron chi connectivity index (χ0n) is 17.1. The average molecular weight is 424 g/mol. The molecule has 1 saturated heterocycles. The normalized spacial score (nSPS) is 14.7. The number of benzene rings is 2. The predicted octanol–water partition coefficient (Wildman–Crippen LogP) is 4.16. The lowest BCUT2D eigenvalue weighted by atomic mass is 10.1. The molecule has 3 aromatic rings. The molecule has 0 saturated carbocycles. The number of piperazine rings is 1. The quantitative estimate of drug-likeness (QED) is 0.597. The molecule has 30 heavy (non-hydrogen) atoms. The monoisotopic (exact) mass is 423 g/mol. The van der Waals surface area contributed by atoms with E-state index in [1.165, 1.54) is 5.56 Å². The Morgan fingerprint density at radius 1 is 0.967 bits per heavy atom. The molecule has 1 aromatic heterocycles. The van der Waals surface area contributed by atoms with Crippen LogP contribution in [0.3, 0.4) is 0 Å². The number of aromatic nitrogens is 1. The van der Waals surface area contributed by atoms with Gasteiger partial charge in [0.1, 0.15) is 11.4 Å². The minimum atomic E-state index is 0.0934. The number of carbonyl (C=O) groups excluding carboxylic acids is 1. The highest BCUT2D eigenvalue weighted by molar-refractivity contribution is 6.30. The van der Waals surface area contributed by atoms with E-state index >= 15 is 0 Å². The summed E-state index contributed by atoms with van der Waals surface area (Å²) in [6.45, 7) is 4.51. The molecule has 1 aliphatic heterocycles. The van der Waals surface area contributed by atoms with Crippen molar-refractivity contribution in [2.24, 2.45) is 0 Å². The molecule has 5 nitrogen and oxygen atoms in total. The molecule has 0 spiro atoms. The lowest BCUT2D eigenvalue weighted by Gasteiger charge is -2.35. The largest absolute Gasteiger partial charge is 0.496 e. The van der Waals surface area contributed by atoms with Gasteiger partial charge in [-0.2, -0.15) is 0 Å². The molecule has 2 heterocycles. The van der Waals surface area contributed by atoms with Crippen molar-refractivity contribution >= 4 is 17.5 Å². The SMILES string of the molecule is COc1ccc(Cl)cc1CN1CCN(C(=O)c2cccn2Cc2ccccc2)CC1. The van der Waals surface area contributed by atoms with Crippen LogP contribution in [0.4, 0.5) is 0 Å². The molecule has 6 heteroatoms. The second kappa shape index (κ2) is 9.37. The van der Waals surface area contributed by atoms with Crippen LogP contribution in [0.25, 0.3) is 0 Å². The van der Waals surface area contributed by atoms with Crippen LogP contribution < -0.4 is 4.74 Å². The van der Waals surface area contributed by atoms with Crippen LogP contribution in [0.1, 0.15) is 21.6 Å². The summed E-state index contributed by atoms with van der Waals surface area (Å²) in [5.41, 5.74) is 2.99. The lowest BCUT2D eigenvalue weighted by molar-refractivity contribution is 0.0617. The van der Waals surface area contributed by atoms with Crippen molar-refractivity contribution in [3.63, 3.8) is 0 Å². The van der Waals surface area contributed by atoms with E-state index in [1.807, 2.05) is 64.2 Å². The highest BCUT2D eigenvalue weighted by Crippen LogP contribution is 2.24. The van der Waals surface area contributed by atoms with Crippen LogP contribution in [-0.2, 0) is 13.1 Å². The smallest absolute Gasteiger partial charge is 0.270 e. The fourth-order valence-electron chi connectivity index (χ4n) is 3.91. The summed E-state index contributed by atoms with van der Waals surface area (Å²) in [5.74, 6) is 0.938. The summed E-state index contributed by atoms with van der Waals surface area (Å²) in [6.07, 6.45) is 1.97. The van der Waals surface area contributed by atoms with Crippen molar-refractivity contribution in [2.75, 3.05) is 33.3 Å². The number of methoxy groups -OCH3 is 1. The number of ether oxygens (including phenoxy) is 1. The van der Waals surface area contributed by atoms with Gasteiger partial charge in [0.05, 0.1) is 7.11 Å². The number of hydrogen-bond acceptors (Lipinski definition) is 3. The summed E-state index contributed by atoms with van der Waals surface area (Å²) < 4.78 is 7.49. The molecule has 0 bridgehead atoms. The van der Waals surface area contributed by atoms with Gasteiger partial charge in [-0.25, -0.2) is 0 Å². The van der Waals surface area contributed by atoms with Gasteiger partial charge in [0.15, 0.2) is 0 Å². The summed E-state index contributed by atoms with van der Waals surface area (Å²) in [6, 6.07) is 19.8. The first kappa shape index (κ1) is 20.5. The van der Waals surface area contributed by atoms with E-state index in [4.69, 9.17) is 16.3 Å². The molecule has 1 aliphatic rings. The Hall–Kier alpha value is -2.76. The molecule has 2 aromatic carbocycles. The van der Waals surface area contributed by atoms with Crippen LogP contribution in [-0.4, -0.2) is 53.6 Å². The summed E-state index contributed by atoms with van der Waals surface area (Å²) in [7, 11) is 1.67. The highest BCUT2D eigenvalue weighted by Gasteiger charge is 2.24. The molecule has 4 rings (SSSR count). The van der Waals surface area contributed by atoms with Gasteiger partial charge in [-0.1, -0.05) is 41.9 Å². The van der Waals surface area contributed by atoms with Gasteiger partial charge in [0, 0.05) is 56.1 Å². The number of amides is 1. The molecule has 0 N–H and O–H groups in total. The number of nitrogens with zero attached hydrogens (tertiary/aromatic N) is 3. The van der Waals surface area contributed by atoms with Crippen molar-refractivity contribution in [1.82, 2.24) is 14.4 Å². The number of hydrogen-bond donors (Lipinski definition) is 0. The van der Waals surface area contributed by atoms with Gasteiger partial charge >= 0.3 is 0 Å². The third-order valence-electron chi connectivity index (χ3n) is 5.54. The van der Waals surface area contributed by atoms with Crippen LogP contribution in [0, 0.1) is 0 Å². The van der Waals surface area contributed by atoms with Crippen molar-refractivity contribution in [3.05, 3.63) is 88.7 Å². The third-order valence-corrected chi connectivity index (χ3v) is 5.78. The van der Waals surface area contributed by atoms with Gasteiger partial charge in [-0.05, 0) is 35.9 Å². The Morgan fingerprint density at radius 2 is 1.73 bits per heavy atom. The fraction of sp³-hybridized carbons (Fsp3) is 0.292. The Labute approximate surface area is 182 Å². The first-order valence-corrected chi connectivity index (χ1v) is 10.5. The Balaban J connectivity index is 1.38. The van der Waals surface area contributed by atoms with Gasteiger partial charge in [-0.3, -0.25) is 9.69 Å². The van der Waals surface area contributed by atoms with Crippen molar-refractivity contribution < 1.29 is 9.53 Å². The summed E-state index contributed by atoms with van der Waals surface area (Å²) >= 11 is 6.16. The number of halogens is 1. The minimum absolute atomic E-state index is 0.0934. The molecule has 1 amide bonds.